The van der Waals surface area contributed by atoms with Gasteiger partial charge in [-0.3, -0.25) is 9.48 Å². The molecule has 3 heterocycles. The van der Waals surface area contributed by atoms with Crippen LogP contribution in [0.4, 0.5) is 0 Å². The van der Waals surface area contributed by atoms with Crippen LogP contribution in [0.25, 0.3) is 16.6 Å². The highest BCUT2D eigenvalue weighted by Gasteiger charge is 2.47. The zero-order chi connectivity index (χ0) is 22.5. The van der Waals surface area contributed by atoms with Gasteiger partial charge in [-0.05, 0) is 24.9 Å². The monoisotopic (exact) mass is 438 g/mol. The van der Waals surface area contributed by atoms with Gasteiger partial charge in [0.1, 0.15) is 5.69 Å². The number of aromatic nitrogens is 4. The molecule has 2 aliphatic rings. The summed E-state index contributed by atoms with van der Waals surface area (Å²) in [5.74, 6) is 0.0972. The number of methoxy groups -OCH3 is 1. The summed E-state index contributed by atoms with van der Waals surface area (Å²) in [6.45, 7) is 7.70. The van der Waals surface area contributed by atoms with Crippen LogP contribution >= 0.6 is 0 Å². The van der Waals surface area contributed by atoms with E-state index in [9.17, 15) is 4.79 Å². The molecule has 10 heteroatoms. The maximum absolute atomic E-state index is 12.0. The average molecular weight is 438 g/mol. The maximum atomic E-state index is 12.0. The predicted molar refractivity (Wildman–Crippen MR) is 118 cm³/mol. The molecule has 0 bridgehead atoms. The average Bonchev–Trinajstić information content (AvgIpc) is 3.26. The third-order valence-corrected chi connectivity index (χ3v) is 5.89. The van der Waals surface area contributed by atoms with Gasteiger partial charge in [-0.15, -0.1) is 5.10 Å². The van der Waals surface area contributed by atoms with Gasteiger partial charge in [-0.1, -0.05) is 26.0 Å². The van der Waals surface area contributed by atoms with Crippen LogP contribution in [0, 0.1) is 11.3 Å². The summed E-state index contributed by atoms with van der Waals surface area (Å²) in [7, 11) is 1.15. The molecule has 2 aromatic heterocycles. The lowest BCUT2D eigenvalue weighted by Gasteiger charge is -2.33. The summed E-state index contributed by atoms with van der Waals surface area (Å²) in [5.41, 5.74) is 2.47. The summed E-state index contributed by atoms with van der Waals surface area (Å²) in [4.78, 5) is 12.0. The maximum Gasteiger partial charge on any atom is 0.494 e. The van der Waals surface area contributed by atoms with E-state index in [-0.39, 0.29) is 23.3 Å². The second-order valence-electron chi connectivity index (χ2n) is 9.14. The summed E-state index contributed by atoms with van der Waals surface area (Å²) in [6, 6.07) is 5.89. The van der Waals surface area contributed by atoms with Crippen molar-refractivity contribution in [3.63, 3.8) is 0 Å². The molecule has 32 heavy (non-hydrogen) atoms. The fraction of sp³-hybridized carbons (Fsp3) is 0.500. The Bertz CT molecular complexity index is 1150. The standard InChI is InChI=1S/C22H27BN4O5/c1-5-30-21(28)14-9-18(14)27-11-19(20(25-27)29-4)26-10-15-16(7-6-8-17(15)24-26)23-31-12-22(2,3)13-32-23/h6-8,10-11,14,18H,5,9,12-13H2,1-4H3/t14-,18-/m1/s1. The van der Waals surface area contributed by atoms with Crippen molar-refractivity contribution in [2.24, 2.45) is 11.3 Å². The van der Waals surface area contributed by atoms with E-state index in [1.807, 2.05) is 37.5 Å². The van der Waals surface area contributed by atoms with Crippen LogP contribution in [0.2, 0.25) is 0 Å². The number of nitrogens with zero attached hydrogens (tertiary/aromatic N) is 4. The quantitative estimate of drug-likeness (QED) is 0.430. The van der Waals surface area contributed by atoms with E-state index >= 15 is 0 Å². The van der Waals surface area contributed by atoms with E-state index in [2.05, 4.69) is 18.9 Å². The normalized spacial score (nSPS) is 22.2. The van der Waals surface area contributed by atoms with E-state index in [1.165, 1.54) is 0 Å². The topological polar surface area (TPSA) is 89.6 Å². The molecular weight excluding hydrogens is 411 g/mol. The van der Waals surface area contributed by atoms with Crippen LogP contribution in [0.15, 0.2) is 30.6 Å². The molecule has 0 amide bonds. The van der Waals surface area contributed by atoms with E-state index in [0.29, 0.717) is 37.8 Å². The van der Waals surface area contributed by atoms with Crippen LogP contribution in [-0.2, 0) is 18.8 Å². The number of benzene rings is 1. The highest BCUT2D eigenvalue weighted by Crippen LogP contribution is 2.44. The first-order valence-corrected chi connectivity index (χ1v) is 10.9. The third-order valence-electron chi connectivity index (χ3n) is 5.89. The number of ether oxygens (including phenoxy) is 2. The van der Waals surface area contributed by atoms with Crippen molar-refractivity contribution in [1.82, 2.24) is 19.6 Å². The molecule has 0 unspecified atom stereocenters. The molecule has 1 saturated carbocycles. The number of hydrogen-bond acceptors (Lipinski definition) is 7. The molecule has 1 aliphatic heterocycles. The number of carbonyl (C=O) groups is 1. The van der Waals surface area contributed by atoms with Crippen molar-refractivity contribution < 1.29 is 23.6 Å². The molecule has 3 aromatic rings. The van der Waals surface area contributed by atoms with Crippen molar-refractivity contribution in [3.05, 3.63) is 30.6 Å². The molecule has 0 N–H and O–H groups in total. The predicted octanol–water partition coefficient (Wildman–Crippen LogP) is 2.12. The molecule has 1 aromatic carbocycles. The lowest BCUT2D eigenvalue weighted by atomic mass is 9.74. The zero-order valence-corrected chi connectivity index (χ0v) is 18.8. The van der Waals surface area contributed by atoms with Crippen LogP contribution < -0.4 is 10.2 Å². The lowest BCUT2D eigenvalue weighted by Crippen LogP contribution is -2.47. The number of esters is 1. The Morgan fingerprint density at radius 1 is 1.25 bits per heavy atom. The highest BCUT2D eigenvalue weighted by atomic mass is 16.6. The largest absolute Gasteiger partial charge is 0.494 e. The number of fused-ring (bicyclic) bond motifs is 1. The first kappa shape index (κ1) is 21.0. The van der Waals surface area contributed by atoms with Gasteiger partial charge in [0, 0.05) is 30.2 Å². The lowest BCUT2D eigenvalue weighted by molar-refractivity contribution is -0.145. The Hall–Kier alpha value is -2.85. The number of rotatable bonds is 6. The van der Waals surface area contributed by atoms with Gasteiger partial charge in [-0.2, -0.15) is 5.10 Å². The van der Waals surface area contributed by atoms with Crippen LogP contribution in [0.3, 0.4) is 0 Å². The van der Waals surface area contributed by atoms with Crippen molar-refractivity contribution in [2.45, 2.75) is 33.2 Å². The SMILES string of the molecule is CCOC(=O)[C@@H]1C[C@H]1n1cc(-n2cc3c(B4OCC(C)(C)CO4)cccc3n2)c(OC)n1. The first-order valence-electron chi connectivity index (χ1n) is 10.9. The van der Waals surface area contributed by atoms with Gasteiger partial charge >= 0.3 is 13.1 Å². The van der Waals surface area contributed by atoms with Gasteiger partial charge in [0.2, 0.25) is 0 Å². The minimum absolute atomic E-state index is 0.000741. The fourth-order valence-corrected chi connectivity index (χ4v) is 4.08. The van der Waals surface area contributed by atoms with Gasteiger partial charge < -0.3 is 18.8 Å². The Morgan fingerprint density at radius 3 is 2.75 bits per heavy atom. The van der Waals surface area contributed by atoms with Gasteiger partial charge in [0.25, 0.3) is 5.88 Å². The number of hydrogen-bond donors (Lipinski definition) is 0. The van der Waals surface area contributed by atoms with Crippen molar-refractivity contribution in [2.75, 3.05) is 26.9 Å². The molecule has 0 radical (unpaired) electrons. The van der Waals surface area contributed by atoms with Crippen molar-refractivity contribution >= 4 is 29.5 Å². The third kappa shape index (κ3) is 3.77. The second kappa shape index (κ2) is 7.93. The number of carbonyl (C=O) groups excluding carboxylic acids is 1. The van der Waals surface area contributed by atoms with E-state index < -0.39 is 7.12 Å². The van der Waals surface area contributed by atoms with Crippen molar-refractivity contribution in [1.29, 1.82) is 0 Å². The molecule has 168 valence electrons. The molecule has 2 fully saturated rings. The van der Waals surface area contributed by atoms with Crippen LogP contribution in [0.5, 0.6) is 5.88 Å². The minimum atomic E-state index is -0.425. The fourth-order valence-electron chi connectivity index (χ4n) is 4.08. The molecular formula is C22H27BN4O5. The minimum Gasteiger partial charge on any atom is -0.478 e. The highest BCUT2D eigenvalue weighted by molar-refractivity contribution is 6.64. The van der Waals surface area contributed by atoms with Gasteiger partial charge in [-0.25, -0.2) is 4.68 Å². The smallest absolute Gasteiger partial charge is 0.478 e. The Morgan fingerprint density at radius 2 is 2.03 bits per heavy atom. The Balaban J connectivity index is 1.44. The molecule has 5 rings (SSSR count). The Labute approximate surface area is 186 Å². The summed E-state index contributed by atoms with van der Waals surface area (Å²) < 4.78 is 26.2. The molecule has 1 saturated heterocycles. The molecule has 9 nitrogen and oxygen atoms in total. The molecule has 0 spiro atoms. The first-order chi connectivity index (χ1) is 15.4. The van der Waals surface area contributed by atoms with Crippen molar-refractivity contribution in [3.8, 4) is 11.6 Å². The van der Waals surface area contributed by atoms with Gasteiger partial charge in [0.05, 0.1) is 37.4 Å². The van der Waals surface area contributed by atoms with Gasteiger partial charge in [0.15, 0.2) is 0 Å². The van der Waals surface area contributed by atoms with Crippen LogP contribution in [-0.4, -0.2) is 59.6 Å². The van der Waals surface area contributed by atoms with E-state index in [0.717, 1.165) is 16.4 Å². The summed E-state index contributed by atoms with van der Waals surface area (Å²) in [6.07, 6.45) is 4.52. The molecule has 2 atom stereocenters. The van der Waals surface area contributed by atoms with Crippen LogP contribution in [0.1, 0.15) is 33.2 Å². The second-order valence-corrected chi connectivity index (χ2v) is 9.14. The van der Waals surface area contributed by atoms with E-state index in [4.69, 9.17) is 23.9 Å². The molecule has 1 aliphatic carbocycles. The summed E-state index contributed by atoms with van der Waals surface area (Å²) in [5, 5.41) is 10.2. The Kier molecular flexibility index (Phi) is 5.21. The zero-order valence-electron chi connectivity index (χ0n) is 18.8. The van der Waals surface area contributed by atoms with E-state index in [1.54, 1.807) is 16.5 Å². The summed E-state index contributed by atoms with van der Waals surface area (Å²) >= 11 is 0.